The number of ether oxygens (including phenoxy) is 1. The second-order valence-corrected chi connectivity index (χ2v) is 9.23. The molecular formula is C18H28N2O4S. The second-order valence-electron chi connectivity index (χ2n) is 7.29. The van der Waals surface area contributed by atoms with Gasteiger partial charge in [0.2, 0.25) is 15.9 Å². The molecule has 0 bridgehead atoms. The number of benzene rings is 1. The van der Waals surface area contributed by atoms with Crippen LogP contribution in [-0.4, -0.2) is 44.9 Å². The van der Waals surface area contributed by atoms with Crippen molar-refractivity contribution in [1.82, 2.24) is 9.62 Å². The normalized spacial score (nSPS) is 16.4. The topological polar surface area (TPSA) is 75.7 Å². The Balaban J connectivity index is 1.86. The maximum atomic E-state index is 12.6. The highest BCUT2D eigenvalue weighted by Crippen LogP contribution is 2.22. The van der Waals surface area contributed by atoms with Crippen molar-refractivity contribution >= 4 is 15.9 Å². The van der Waals surface area contributed by atoms with Crippen molar-refractivity contribution in [3.05, 3.63) is 24.3 Å². The Labute approximate surface area is 150 Å². The minimum atomic E-state index is -3.41. The summed E-state index contributed by atoms with van der Waals surface area (Å²) >= 11 is 0. The smallest absolute Gasteiger partial charge is 0.243 e. The number of rotatable bonds is 6. The number of carbonyl (C=O) groups is 1. The number of hydrogen-bond donors (Lipinski definition) is 1. The number of sulfonamides is 1. The highest BCUT2D eigenvalue weighted by molar-refractivity contribution is 7.89. The molecule has 1 aromatic carbocycles. The molecule has 1 fully saturated rings. The Morgan fingerprint density at radius 2 is 1.72 bits per heavy atom. The third-order valence-electron chi connectivity index (χ3n) is 4.11. The van der Waals surface area contributed by atoms with E-state index in [1.807, 2.05) is 20.8 Å². The molecule has 7 heteroatoms. The highest BCUT2D eigenvalue weighted by atomic mass is 32.2. The molecule has 2 rings (SSSR count). The van der Waals surface area contributed by atoms with Gasteiger partial charge in [-0.25, -0.2) is 8.42 Å². The lowest BCUT2D eigenvalue weighted by Gasteiger charge is -2.25. The molecular weight excluding hydrogens is 340 g/mol. The van der Waals surface area contributed by atoms with Gasteiger partial charge in [0.25, 0.3) is 0 Å². The van der Waals surface area contributed by atoms with Crippen LogP contribution < -0.4 is 10.1 Å². The molecule has 1 aliphatic heterocycles. The van der Waals surface area contributed by atoms with E-state index in [2.05, 4.69) is 5.32 Å². The van der Waals surface area contributed by atoms with Gasteiger partial charge < -0.3 is 10.1 Å². The third kappa shape index (κ3) is 5.44. The fourth-order valence-corrected chi connectivity index (χ4v) is 4.08. The summed E-state index contributed by atoms with van der Waals surface area (Å²) < 4.78 is 32.2. The Kier molecular flexibility index (Phi) is 6.46. The predicted molar refractivity (Wildman–Crippen MR) is 97.0 cm³/mol. The Morgan fingerprint density at radius 3 is 2.28 bits per heavy atom. The van der Waals surface area contributed by atoms with Gasteiger partial charge in [0.15, 0.2) is 0 Å². The predicted octanol–water partition coefficient (Wildman–Crippen LogP) is 2.40. The van der Waals surface area contributed by atoms with Crippen molar-refractivity contribution < 1.29 is 17.9 Å². The van der Waals surface area contributed by atoms with Gasteiger partial charge in [0.1, 0.15) is 12.4 Å². The van der Waals surface area contributed by atoms with Crippen LogP contribution in [0.5, 0.6) is 5.75 Å². The first-order valence-electron chi connectivity index (χ1n) is 8.72. The van der Waals surface area contributed by atoms with Crippen LogP contribution in [0.25, 0.3) is 0 Å². The van der Waals surface area contributed by atoms with E-state index in [-0.39, 0.29) is 5.91 Å². The van der Waals surface area contributed by atoms with E-state index in [9.17, 15) is 13.2 Å². The van der Waals surface area contributed by atoms with Gasteiger partial charge in [0, 0.05) is 18.5 Å². The number of nitrogens with one attached hydrogen (secondary N) is 1. The van der Waals surface area contributed by atoms with Crippen molar-refractivity contribution in [2.75, 3.05) is 26.2 Å². The van der Waals surface area contributed by atoms with E-state index in [0.717, 1.165) is 19.3 Å². The summed E-state index contributed by atoms with van der Waals surface area (Å²) in [5, 5.41) is 2.81. The molecule has 1 aromatic rings. The average molecular weight is 368 g/mol. The van der Waals surface area contributed by atoms with E-state index in [1.54, 1.807) is 28.6 Å². The van der Waals surface area contributed by atoms with Crippen molar-refractivity contribution in [2.24, 2.45) is 5.41 Å². The van der Waals surface area contributed by atoms with Crippen LogP contribution in [0.4, 0.5) is 0 Å². The number of carbonyl (C=O) groups excluding carboxylic acids is 1. The first kappa shape index (κ1) is 19.7. The van der Waals surface area contributed by atoms with Crippen LogP contribution >= 0.6 is 0 Å². The lowest BCUT2D eigenvalue weighted by molar-refractivity contribution is -0.128. The van der Waals surface area contributed by atoms with Crippen LogP contribution in [0.15, 0.2) is 29.2 Å². The molecule has 1 N–H and O–H groups in total. The zero-order valence-electron chi connectivity index (χ0n) is 15.2. The summed E-state index contributed by atoms with van der Waals surface area (Å²) in [6.07, 6.45) is 2.92. The molecule has 0 aromatic heterocycles. The van der Waals surface area contributed by atoms with Crippen LogP contribution in [-0.2, 0) is 14.8 Å². The Bertz CT molecular complexity index is 672. The molecule has 0 unspecified atom stereocenters. The van der Waals surface area contributed by atoms with Crippen LogP contribution in [0.1, 0.15) is 40.0 Å². The van der Waals surface area contributed by atoms with Gasteiger partial charge >= 0.3 is 0 Å². The van der Waals surface area contributed by atoms with E-state index in [0.29, 0.717) is 36.9 Å². The molecule has 0 aliphatic carbocycles. The first-order valence-corrected chi connectivity index (χ1v) is 10.2. The number of amides is 1. The van der Waals surface area contributed by atoms with E-state index in [1.165, 1.54) is 0 Å². The molecule has 25 heavy (non-hydrogen) atoms. The van der Waals surface area contributed by atoms with Gasteiger partial charge in [-0.2, -0.15) is 4.31 Å². The molecule has 0 saturated carbocycles. The van der Waals surface area contributed by atoms with Crippen molar-refractivity contribution in [3.8, 4) is 5.75 Å². The maximum Gasteiger partial charge on any atom is 0.243 e. The summed E-state index contributed by atoms with van der Waals surface area (Å²) in [4.78, 5) is 12.0. The van der Waals surface area contributed by atoms with E-state index < -0.39 is 15.4 Å². The number of hydrogen-bond acceptors (Lipinski definition) is 4. The molecule has 1 saturated heterocycles. The molecule has 6 nitrogen and oxygen atoms in total. The van der Waals surface area contributed by atoms with Crippen molar-refractivity contribution in [2.45, 2.75) is 44.9 Å². The lowest BCUT2D eigenvalue weighted by Crippen LogP contribution is -2.37. The minimum Gasteiger partial charge on any atom is -0.492 e. The van der Waals surface area contributed by atoms with Crippen LogP contribution in [0.2, 0.25) is 0 Å². The molecule has 140 valence electrons. The lowest BCUT2D eigenvalue weighted by atomic mass is 9.96. The largest absolute Gasteiger partial charge is 0.492 e. The third-order valence-corrected chi connectivity index (χ3v) is 6.03. The Morgan fingerprint density at radius 1 is 1.12 bits per heavy atom. The second kappa shape index (κ2) is 8.19. The van der Waals surface area contributed by atoms with E-state index >= 15 is 0 Å². The molecule has 1 aliphatic rings. The maximum absolute atomic E-state index is 12.6. The summed E-state index contributed by atoms with van der Waals surface area (Å²) in [7, 11) is -3.41. The van der Waals surface area contributed by atoms with Crippen LogP contribution in [0, 0.1) is 5.41 Å². The number of nitrogens with zero attached hydrogens (tertiary/aromatic N) is 1. The standard InChI is InChI=1S/C18H28N2O4S/c1-18(2,3)17(21)19-11-14-24-15-7-9-16(10-8-15)25(22,23)20-12-5-4-6-13-20/h7-10H,4-6,11-14H2,1-3H3,(H,19,21). The van der Waals surface area contributed by atoms with Gasteiger partial charge in [-0.1, -0.05) is 27.2 Å². The summed E-state index contributed by atoms with van der Waals surface area (Å²) in [5.74, 6) is 0.557. The first-order chi connectivity index (χ1) is 11.7. The fourth-order valence-electron chi connectivity index (χ4n) is 2.56. The highest BCUT2D eigenvalue weighted by Gasteiger charge is 2.25. The number of piperidine rings is 1. The fraction of sp³-hybridized carbons (Fsp3) is 0.611. The van der Waals surface area contributed by atoms with E-state index in [4.69, 9.17) is 4.74 Å². The molecule has 1 heterocycles. The van der Waals surface area contributed by atoms with Gasteiger partial charge in [0.05, 0.1) is 11.4 Å². The van der Waals surface area contributed by atoms with Crippen LogP contribution in [0.3, 0.4) is 0 Å². The molecule has 1 amide bonds. The quantitative estimate of drug-likeness (QED) is 0.783. The Hall–Kier alpha value is -1.60. The summed E-state index contributed by atoms with van der Waals surface area (Å²) in [6.45, 7) is 7.48. The van der Waals surface area contributed by atoms with Gasteiger partial charge in [-0.15, -0.1) is 0 Å². The van der Waals surface area contributed by atoms with Crippen molar-refractivity contribution in [1.29, 1.82) is 0 Å². The average Bonchev–Trinajstić information content (AvgIpc) is 2.59. The van der Waals surface area contributed by atoms with Gasteiger partial charge in [-0.3, -0.25) is 4.79 Å². The van der Waals surface area contributed by atoms with Crippen molar-refractivity contribution in [3.63, 3.8) is 0 Å². The molecule has 0 atom stereocenters. The zero-order chi connectivity index (χ0) is 18.5. The minimum absolute atomic E-state index is 0.0286. The summed E-state index contributed by atoms with van der Waals surface area (Å²) in [5.41, 5.74) is -0.426. The monoisotopic (exact) mass is 368 g/mol. The zero-order valence-corrected chi connectivity index (χ0v) is 16.1. The summed E-state index contributed by atoms with van der Waals surface area (Å²) in [6, 6.07) is 6.46. The molecule has 0 spiro atoms. The molecule has 0 radical (unpaired) electrons. The SMILES string of the molecule is CC(C)(C)C(=O)NCCOc1ccc(S(=O)(=O)N2CCCCC2)cc1. The van der Waals surface area contributed by atoms with Gasteiger partial charge in [-0.05, 0) is 37.1 Å².